The summed E-state index contributed by atoms with van der Waals surface area (Å²) in [5.74, 6) is 5.69. The lowest BCUT2D eigenvalue weighted by Crippen LogP contribution is -2.54. The maximum Gasteiger partial charge on any atom is 0.469 e. The molecule has 2 N–H and O–H groups in total. The molecular weight excluding hydrogens is 419 g/mol. The zero-order valence-corrected chi connectivity index (χ0v) is 22.2. The fourth-order valence-corrected chi connectivity index (χ4v) is 10.1. The van der Waals surface area contributed by atoms with Gasteiger partial charge in [0.2, 0.25) is 0 Å². The van der Waals surface area contributed by atoms with Gasteiger partial charge in [-0.2, -0.15) is 0 Å². The van der Waals surface area contributed by atoms with Crippen LogP contribution in [0.2, 0.25) is 0 Å². The molecule has 0 amide bonds. The van der Waals surface area contributed by atoms with E-state index in [0.29, 0.717) is 16.7 Å². The van der Waals surface area contributed by atoms with Gasteiger partial charge in [0.1, 0.15) is 0 Å². The summed E-state index contributed by atoms with van der Waals surface area (Å²) >= 11 is 0. The SMILES string of the molecule is CC(C)CCC[C@@H](C)[C@@H]1CC[C@H]2[C@@H]3CC[C@H]4C[C@H](OP(=O)(O)O)CC[C@]4(C)[C@H]3CC[C@@]21C. The summed E-state index contributed by atoms with van der Waals surface area (Å²) in [6.07, 6.45) is 14.8. The summed E-state index contributed by atoms with van der Waals surface area (Å²) in [5.41, 5.74) is 0.863. The van der Waals surface area contributed by atoms with E-state index in [4.69, 9.17) is 4.52 Å². The van der Waals surface area contributed by atoms with Crippen molar-refractivity contribution in [2.45, 2.75) is 118 Å². The van der Waals surface area contributed by atoms with Crippen molar-refractivity contribution < 1.29 is 18.9 Å². The van der Waals surface area contributed by atoms with Gasteiger partial charge in [-0.25, -0.2) is 4.57 Å². The predicted molar refractivity (Wildman–Crippen MR) is 130 cm³/mol. The molecule has 0 bridgehead atoms. The van der Waals surface area contributed by atoms with Crippen LogP contribution in [-0.2, 0) is 9.09 Å². The first-order chi connectivity index (χ1) is 14.9. The van der Waals surface area contributed by atoms with Crippen LogP contribution in [0.4, 0.5) is 0 Å². The molecule has 0 aliphatic heterocycles. The normalized spacial score (nSPS) is 45.2. The largest absolute Gasteiger partial charge is 0.469 e. The lowest BCUT2D eigenvalue weighted by atomic mass is 9.44. The first-order valence-electron chi connectivity index (χ1n) is 13.7. The lowest BCUT2D eigenvalue weighted by molar-refractivity contribution is -0.128. The highest BCUT2D eigenvalue weighted by atomic mass is 31.2. The Morgan fingerprint density at radius 1 is 0.906 bits per heavy atom. The Labute approximate surface area is 196 Å². The highest BCUT2D eigenvalue weighted by Gasteiger charge is 2.60. The minimum absolute atomic E-state index is 0.262. The van der Waals surface area contributed by atoms with Gasteiger partial charge in [0.15, 0.2) is 0 Å². The Morgan fingerprint density at radius 3 is 2.28 bits per heavy atom. The molecule has 5 heteroatoms. The summed E-state index contributed by atoms with van der Waals surface area (Å²) in [6, 6.07) is 0. The fraction of sp³-hybridized carbons (Fsp3) is 1.00. The van der Waals surface area contributed by atoms with E-state index in [-0.39, 0.29) is 6.10 Å². The summed E-state index contributed by atoms with van der Waals surface area (Å²) < 4.78 is 16.5. The van der Waals surface area contributed by atoms with Gasteiger partial charge in [-0.05, 0) is 110 Å². The van der Waals surface area contributed by atoms with Gasteiger partial charge in [0, 0.05) is 0 Å². The Morgan fingerprint density at radius 2 is 1.59 bits per heavy atom. The molecule has 0 aromatic rings. The van der Waals surface area contributed by atoms with E-state index in [1.165, 1.54) is 57.8 Å². The van der Waals surface area contributed by atoms with Crippen LogP contribution in [0.25, 0.3) is 0 Å². The molecule has 0 spiro atoms. The molecule has 9 atom stereocenters. The van der Waals surface area contributed by atoms with E-state index >= 15 is 0 Å². The minimum Gasteiger partial charge on any atom is -0.303 e. The van der Waals surface area contributed by atoms with Gasteiger partial charge >= 0.3 is 7.82 Å². The molecule has 4 aliphatic carbocycles. The Kier molecular flexibility index (Phi) is 7.32. The van der Waals surface area contributed by atoms with E-state index in [2.05, 4.69) is 34.6 Å². The first-order valence-corrected chi connectivity index (χ1v) is 15.2. The van der Waals surface area contributed by atoms with Crippen LogP contribution < -0.4 is 0 Å². The van der Waals surface area contributed by atoms with E-state index < -0.39 is 7.82 Å². The minimum atomic E-state index is -4.39. The Balaban J connectivity index is 1.43. The van der Waals surface area contributed by atoms with Crippen molar-refractivity contribution in [3.8, 4) is 0 Å². The third-order valence-corrected chi connectivity index (χ3v) is 11.7. The van der Waals surface area contributed by atoms with Crippen LogP contribution >= 0.6 is 7.82 Å². The van der Waals surface area contributed by atoms with E-state index in [1.807, 2.05) is 0 Å². The number of rotatable bonds is 7. The topological polar surface area (TPSA) is 66.8 Å². The molecule has 4 aliphatic rings. The maximum atomic E-state index is 11.4. The number of hydrogen-bond acceptors (Lipinski definition) is 2. The highest BCUT2D eigenvalue weighted by molar-refractivity contribution is 7.46. The Bertz CT molecular complexity index is 704. The van der Waals surface area contributed by atoms with Crippen molar-refractivity contribution in [1.82, 2.24) is 0 Å². The number of hydrogen-bond donors (Lipinski definition) is 2. The lowest BCUT2D eigenvalue weighted by Gasteiger charge is -2.61. The van der Waals surface area contributed by atoms with Crippen LogP contribution in [0.5, 0.6) is 0 Å². The molecule has 32 heavy (non-hydrogen) atoms. The van der Waals surface area contributed by atoms with Gasteiger partial charge in [0.05, 0.1) is 6.10 Å². The van der Waals surface area contributed by atoms with Gasteiger partial charge in [-0.3, -0.25) is 4.52 Å². The molecule has 0 heterocycles. The quantitative estimate of drug-likeness (QED) is 0.378. The molecular formula is C27H49O4P. The summed E-state index contributed by atoms with van der Waals surface area (Å²) in [7, 11) is -4.39. The van der Waals surface area contributed by atoms with Crippen molar-refractivity contribution >= 4 is 7.82 Å². The van der Waals surface area contributed by atoms with Gasteiger partial charge in [-0.1, -0.05) is 53.9 Å². The zero-order valence-electron chi connectivity index (χ0n) is 21.3. The van der Waals surface area contributed by atoms with Crippen LogP contribution in [-0.4, -0.2) is 15.9 Å². The van der Waals surface area contributed by atoms with E-state index in [1.54, 1.807) is 0 Å². The average Bonchev–Trinajstić information content (AvgIpc) is 3.04. The molecule has 4 rings (SSSR count). The average molecular weight is 469 g/mol. The molecule has 186 valence electrons. The monoisotopic (exact) mass is 468 g/mol. The number of fused-ring (bicyclic) bond motifs is 5. The third kappa shape index (κ3) is 4.77. The second-order valence-electron chi connectivity index (χ2n) is 13.2. The van der Waals surface area contributed by atoms with Crippen LogP contribution in [0, 0.1) is 52.3 Å². The van der Waals surface area contributed by atoms with Gasteiger partial charge < -0.3 is 9.79 Å². The summed E-state index contributed by atoms with van der Waals surface area (Å²) in [5, 5.41) is 0. The van der Waals surface area contributed by atoms with Gasteiger partial charge in [0.25, 0.3) is 0 Å². The molecule has 0 aromatic heterocycles. The Hall–Kier alpha value is 0.110. The third-order valence-electron chi connectivity index (χ3n) is 11.1. The second-order valence-corrected chi connectivity index (χ2v) is 14.4. The molecule has 4 fully saturated rings. The predicted octanol–water partition coefficient (Wildman–Crippen LogP) is 7.59. The van der Waals surface area contributed by atoms with E-state index in [9.17, 15) is 14.4 Å². The van der Waals surface area contributed by atoms with Gasteiger partial charge in [-0.15, -0.1) is 0 Å². The first kappa shape index (κ1) is 25.2. The van der Waals surface area contributed by atoms with E-state index in [0.717, 1.165) is 54.8 Å². The highest BCUT2D eigenvalue weighted by Crippen LogP contribution is 2.68. The number of phosphoric acid groups is 1. The molecule has 0 radical (unpaired) electrons. The molecule has 0 aromatic carbocycles. The number of phosphoric ester groups is 1. The standard InChI is InChI=1S/C27H49O4P/c1-18(2)7-6-8-19(3)23-11-12-24-22-10-9-20-17-21(31-32(28,29)30)13-15-26(20,4)25(22)14-16-27(23,24)5/h18-25H,6-17H2,1-5H3,(H2,28,29,30)/t19-,20+,21-,22+,23+,24+,25+,26+,27-/m1/s1. The van der Waals surface area contributed by atoms with Crippen LogP contribution in [0.1, 0.15) is 112 Å². The molecule has 4 nitrogen and oxygen atoms in total. The van der Waals surface area contributed by atoms with Crippen molar-refractivity contribution in [1.29, 1.82) is 0 Å². The van der Waals surface area contributed by atoms with Crippen LogP contribution in [0.3, 0.4) is 0 Å². The van der Waals surface area contributed by atoms with Crippen molar-refractivity contribution in [2.24, 2.45) is 52.3 Å². The smallest absolute Gasteiger partial charge is 0.303 e. The van der Waals surface area contributed by atoms with Crippen LogP contribution in [0.15, 0.2) is 0 Å². The molecule has 4 saturated carbocycles. The molecule has 0 unspecified atom stereocenters. The van der Waals surface area contributed by atoms with Crippen molar-refractivity contribution in [2.75, 3.05) is 0 Å². The summed E-state index contributed by atoms with van der Waals surface area (Å²) in [6.45, 7) is 12.4. The summed E-state index contributed by atoms with van der Waals surface area (Å²) in [4.78, 5) is 18.6. The van der Waals surface area contributed by atoms with Crippen molar-refractivity contribution in [3.63, 3.8) is 0 Å². The molecule has 0 saturated heterocycles. The fourth-order valence-electron chi connectivity index (χ4n) is 9.53. The maximum absolute atomic E-state index is 11.4. The second kappa shape index (κ2) is 9.29. The zero-order chi connectivity index (χ0) is 23.3. The van der Waals surface area contributed by atoms with Crippen molar-refractivity contribution in [3.05, 3.63) is 0 Å².